The number of rotatable bonds is 4. The predicted octanol–water partition coefficient (Wildman–Crippen LogP) is 11.4. The van der Waals surface area contributed by atoms with Crippen molar-refractivity contribution in [1.82, 2.24) is 19.5 Å². The molecule has 0 aliphatic rings. The van der Waals surface area contributed by atoms with Crippen molar-refractivity contribution >= 4 is 54.1 Å². The molecule has 228 valence electrons. The third-order valence-corrected chi connectivity index (χ3v) is 9.56. The van der Waals surface area contributed by atoms with Crippen LogP contribution in [-0.4, -0.2) is 19.5 Å². The van der Waals surface area contributed by atoms with E-state index in [2.05, 4.69) is 156 Å². The van der Waals surface area contributed by atoms with Gasteiger partial charge >= 0.3 is 0 Å². The van der Waals surface area contributed by atoms with Gasteiger partial charge in [-0.1, -0.05) is 133 Å². The number of para-hydroxylation sites is 1. The Morgan fingerprint density at radius 3 is 1.71 bits per heavy atom. The van der Waals surface area contributed by atoms with E-state index in [1.165, 1.54) is 32.4 Å². The summed E-state index contributed by atoms with van der Waals surface area (Å²) in [6, 6.07) is 59.9. The first-order chi connectivity index (χ1) is 24.3. The Morgan fingerprint density at radius 1 is 0.327 bits per heavy atom. The topological polar surface area (TPSA) is 43.6 Å². The third-order valence-electron chi connectivity index (χ3n) is 9.56. The average Bonchev–Trinajstić information content (AvgIpc) is 3.49. The van der Waals surface area contributed by atoms with Crippen LogP contribution in [0.15, 0.2) is 170 Å². The molecule has 0 atom stereocenters. The van der Waals surface area contributed by atoms with E-state index in [1.807, 2.05) is 18.2 Å². The predicted molar refractivity (Wildman–Crippen MR) is 203 cm³/mol. The van der Waals surface area contributed by atoms with Crippen LogP contribution < -0.4 is 0 Å². The standard InChI is InChI=1S/C45H28N4/c1-2-13-30(14-3-1)43-46-44(35-23-22-29-12-4-5-15-31(29)24-35)48-45(47-43)40-28-36(25-34-18-8-9-19-37(34)40)49-41-21-11-10-20-38(41)39-26-32-16-6-7-17-33(32)27-42(39)49/h1-28H. The van der Waals surface area contributed by atoms with E-state index in [1.54, 1.807) is 0 Å². The second-order valence-corrected chi connectivity index (χ2v) is 12.5. The van der Waals surface area contributed by atoms with Crippen LogP contribution in [0.2, 0.25) is 0 Å². The first-order valence-corrected chi connectivity index (χ1v) is 16.5. The first kappa shape index (κ1) is 27.5. The molecule has 0 N–H and O–H groups in total. The molecule has 8 aromatic carbocycles. The lowest BCUT2D eigenvalue weighted by molar-refractivity contribution is 1.07. The van der Waals surface area contributed by atoms with Crippen LogP contribution in [0, 0.1) is 0 Å². The van der Waals surface area contributed by atoms with Gasteiger partial charge in [-0.2, -0.15) is 0 Å². The van der Waals surface area contributed by atoms with Crippen LogP contribution in [-0.2, 0) is 0 Å². The molecule has 0 unspecified atom stereocenters. The Labute approximate surface area is 282 Å². The van der Waals surface area contributed by atoms with Gasteiger partial charge in [0.05, 0.1) is 11.0 Å². The van der Waals surface area contributed by atoms with Crippen LogP contribution in [0.5, 0.6) is 0 Å². The van der Waals surface area contributed by atoms with Gasteiger partial charge in [-0.15, -0.1) is 0 Å². The Hall–Kier alpha value is -6.65. The van der Waals surface area contributed by atoms with Gasteiger partial charge in [0.1, 0.15) is 0 Å². The summed E-state index contributed by atoms with van der Waals surface area (Å²) >= 11 is 0. The summed E-state index contributed by atoms with van der Waals surface area (Å²) < 4.78 is 2.39. The number of aromatic nitrogens is 4. The normalized spacial score (nSPS) is 11.7. The van der Waals surface area contributed by atoms with Gasteiger partial charge in [-0.05, 0) is 68.7 Å². The van der Waals surface area contributed by atoms with Gasteiger partial charge in [0, 0.05) is 33.2 Å². The lowest BCUT2D eigenvalue weighted by Crippen LogP contribution is -2.02. The van der Waals surface area contributed by atoms with Gasteiger partial charge in [0.15, 0.2) is 17.5 Å². The maximum atomic E-state index is 5.21. The van der Waals surface area contributed by atoms with Gasteiger partial charge in [-0.25, -0.2) is 15.0 Å². The Kier molecular flexibility index (Phi) is 6.15. The molecule has 0 spiro atoms. The van der Waals surface area contributed by atoms with Crippen molar-refractivity contribution in [2.24, 2.45) is 0 Å². The molecular weight excluding hydrogens is 597 g/mol. The molecule has 0 bridgehead atoms. The van der Waals surface area contributed by atoms with Crippen molar-refractivity contribution in [3.05, 3.63) is 170 Å². The van der Waals surface area contributed by atoms with E-state index in [-0.39, 0.29) is 0 Å². The minimum atomic E-state index is 0.640. The molecule has 4 heteroatoms. The fourth-order valence-electron chi connectivity index (χ4n) is 7.21. The van der Waals surface area contributed by atoms with Crippen molar-refractivity contribution in [3.63, 3.8) is 0 Å². The van der Waals surface area contributed by atoms with Crippen molar-refractivity contribution in [2.45, 2.75) is 0 Å². The number of nitrogens with zero attached hydrogens (tertiary/aromatic N) is 4. The van der Waals surface area contributed by atoms with Gasteiger partial charge in [0.2, 0.25) is 0 Å². The molecule has 0 radical (unpaired) electrons. The molecular formula is C45H28N4. The zero-order valence-electron chi connectivity index (χ0n) is 26.5. The maximum absolute atomic E-state index is 5.21. The first-order valence-electron chi connectivity index (χ1n) is 16.5. The van der Waals surface area contributed by atoms with E-state index < -0.39 is 0 Å². The Balaban J connectivity index is 1.26. The van der Waals surface area contributed by atoms with Crippen molar-refractivity contribution < 1.29 is 0 Å². The maximum Gasteiger partial charge on any atom is 0.164 e. The molecule has 49 heavy (non-hydrogen) atoms. The van der Waals surface area contributed by atoms with Crippen LogP contribution in [0.1, 0.15) is 0 Å². The van der Waals surface area contributed by atoms with E-state index in [4.69, 9.17) is 15.0 Å². The van der Waals surface area contributed by atoms with Gasteiger partial charge in [0.25, 0.3) is 0 Å². The van der Waals surface area contributed by atoms with Crippen LogP contribution in [0.3, 0.4) is 0 Å². The SMILES string of the molecule is c1ccc(-c2nc(-c3ccc4ccccc4c3)nc(-c3cc(-n4c5ccccc5c5cc6ccccc6cc54)cc4ccccc34)n2)cc1. The number of hydrogen-bond donors (Lipinski definition) is 0. The molecule has 2 aromatic heterocycles. The van der Waals surface area contributed by atoms with Crippen LogP contribution >= 0.6 is 0 Å². The van der Waals surface area contributed by atoms with Crippen molar-refractivity contribution in [1.29, 1.82) is 0 Å². The molecule has 0 fully saturated rings. The minimum Gasteiger partial charge on any atom is -0.309 e. The molecule has 10 aromatic rings. The zero-order chi connectivity index (χ0) is 32.3. The lowest BCUT2D eigenvalue weighted by Gasteiger charge is -2.15. The fraction of sp³-hybridized carbons (Fsp3) is 0. The van der Waals surface area contributed by atoms with Crippen molar-refractivity contribution in [3.8, 4) is 39.9 Å². The smallest absolute Gasteiger partial charge is 0.164 e. The molecule has 0 saturated carbocycles. The highest BCUT2D eigenvalue weighted by Crippen LogP contribution is 2.38. The third kappa shape index (κ3) is 4.57. The van der Waals surface area contributed by atoms with Crippen LogP contribution in [0.25, 0.3) is 94.0 Å². The minimum absolute atomic E-state index is 0.640. The monoisotopic (exact) mass is 624 g/mol. The number of hydrogen-bond acceptors (Lipinski definition) is 3. The summed E-state index contributed by atoms with van der Waals surface area (Å²) in [5.74, 6) is 1.93. The average molecular weight is 625 g/mol. The number of fused-ring (bicyclic) bond motifs is 6. The van der Waals surface area contributed by atoms with Gasteiger partial charge in [-0.3, -0.25) is 0 Å². The van der Waals surface area contributed by atoms with E-state index in [0.29, 0.717) is 17.5 Å². The zero-order valence-corrected chi connectivity index (χ0v) is 26.5. The molecule has 0 saturated heterocycles. The van der Waals surface area contributed by atoms with Gasteiger partial charge < -0.3 is 4.57 Å². The molecule has 4 nitrogen and oxygen atoms in total. The highest BCUT2D eigenvalue weighted by atomic mass is 15.0. The number of benzene rings is 8. The highest BCUT2D eigenvalue weighted by molar-refractivity contribution is 6.14. The molecule has 0 aliphatic heterocycles. The lowest BCUT2D eigenvalue weighted by atomic mass is 10.0. The molecule has 2 heterocycles. The fourth-order valence-corrected chi connectivity index (χ4v) is 7.21. The molecule has 0 amide bonds. The van der Waals surface area contributed by atoms with E-state index in [0.717, 1.165) is 44.1 Å². The summed E-state index contributed by atoms with van der Waals surface area (Å²) in [4.78, 5) is 15.4. The molecule has 10 rings (SSSR count). The summed E-state index contributed by atoms with van der Waals surface area (Å²) in [7, 11) is 0. The second-order valence-electron chi connectivity index (χ2n) is 12.5. The largest absolute Gasteiger partial charge is 0.309 e. The summed E-state index contributed by atoms with van der Waals surface area (Å²) in [5.41, 5.74) is 6.24. The summed E-state index contributed by atoms with van der Waals surface area (Å²) in [5, 5.41) is 9.44. The Bertz CT molecular complexity index is 2890. The quantitative estimate of drug-likeness (QED) is 0.196. The summed E-state index contributed by atoms with van der Waals surface area (Å²) in [6.45, 7) is 0. The van der Waals surface area contributed by atoms with E-state index >= 15 is 0 Å². The summed E-state index contributed by atoms with van der Waals surface area (Å²) in [6.07, 6.45) is 0. The molecule has 0 aliphatic carbocycles. The second kappa shape index (κ2) is 11.0. The highest BCUT2D eigenvalue weighted by Gasteiger charge is 2.19. The van der Waals surface area contributed by atoms with E-state index in [9.17, 15) is 0 Å². The Morgan fingerprint density at radius 2 is 0.918 bits per heavy atom. The van der Waals surface area contributed by atoms with Crippen molar-refractivity contribution in [2.75, 3.05) is 0 Å². The van der Waals surface area contributed by atoms with Crippen LogP contribution in [0.4, 0.5) is 0 Å².